The lowest BCUT2D eigenvalue weighted by Crippen LogP contribution is -2.70. The minimum atomic E-state index is -4.59. The molecule has 41 heavy (non-hydrogen) atoms. The topological polar surface area (TPSA) is 87.4 Å². The van der Waals surface area contributed by atoms with Crippen LogP contribution in [0.1, 0.15) is 99.8 Å². The van der Waals surface area contributed by atoms with Crippen molar-refractivity contribution in [2.24, 2.45) is 56.2 Å². The minimum Gasteiger partial charge on any atom is -0.456 e. The van der Waals surface area contributed by atoms with E-state index in [0.717, 1.165) is 12.8 Å². The number of esters is 1. The predicted molar refractivity (Wildman–Crippen MR) is 147 cm³/mol. The number of alkyl halides is 3. The van der Waals surface area contributed by atoms with Crippen molar-refractivity contribution in [3.05, 3.63) is 11.6 Å². The molecule has 0 amide bonds. The molecule has 0 heterocycles. The average molecular weight is 578 g/mol. The highest BCUT2D eigenvalue weighted by atomic mass is 19.4. The van der Waals surface area contributed by atoms with Crippen LogP contribution in [-0.4, -0.2) is 35.7 Å². The molecule has 8 heteroatoms. The molecule has 0 spiro atoms. The highest BCUT2D eigenvalue weighted by Gasteiger charge is 2.73. The van der Waals surface area contributed by atoms with Gasteiger partial charge in [-0.1, -0.05) is 54.5 Å². The number of Topliss-reactive ketones (excluding diaryl/α,β-unsaturated/α-hetero) is 1. The number of hydrogen-bond acceptors (Lipinski definition) is 5. The van der Waals surface area contributed by atoms with Crippen LogP contribution in [0.2, 0.25) is 0 Å². The van der Waals surface area contributed by atoms with Gasteiger partial charge in [-0.2, -0.15) is 18.4 Å². The number of halogens is 3. The molecule has 4 saturated carbocycles. The van der Waals surface area contributed by atoms with Crippen LogP contribution < -0.4 is 0 Å². The Hall–Kier alpha value is -1.88. The zero-order valence-corrected chi connectivity index (χ0v) is 25.6. The fourth-order valence-electron chi connectivity index (χ4n) is 11.3. The molecule has 0 aromatic heterocycles. The number of nitrogens with zero attached hydrogens (tertiary/aromatic N) is 1. The standard InChI is InChI=1S/C33H46F3NO4/c1-27(2)10-12-32(26(40)41-18-33(34,35)36)13-11-31(7)24(20(32)16-27)21(38)14-23-29(5)15-19(17-37)25(39)28(3,4)22(29)8-9-30(23,31)6/h15,20-24,38H,8-14,16,18H2,1-7H3/t20?,21-,22+,23-,24?,29+,30-,31-,32+/m1/s1. The number of fused-ring (bicyclic) bond motifs is 7. The summed E-state index contributed by atoms with van der Waals surface area (Å²) in [6.45, 7) is 13.3. The lowest BCUT2D eigenvalue weighted by atomic mass is 9.31. The van der Waals surface area contributed by atoms with Gasteiger partial charge in [-0.25, -0.2) is 0 Å². The maximum atomic E-state index is 13.6. The van der Waals surface area contributed by atoms with Crippen LogP contribution in [0.4, 0.5) is 13.2 Å². The van der Waals surface area contributed by atoms with Crippen molar-refractivity contribution in [3.8, 4) is 6.07 Å². The third kappa shape index (κ3) is 4.18. The molecule has 0 aliphatic heterocycles. The van der Waals surface area contributed by atoms with Gasteiger partial charge in [0.15, 0.2) is 12.4 Å². The molecular formula is C33H46F3NO4. The van der Waals surface area contributed by atoms with Gasteiger partial charge in [-0.15, -0.1) is 0 Å². The molecule has 1 N–H and O–H groups in total. The van der Waals surface area contributed by atoms with Gasteiger partial charge in [0, 0.05) is 5.41 Å². The summed E-state index contributed by atoms with van der Waals surface area (Å²) in [5, 5.41) is 22.0. The van der Waals surface area contributed by atoms with Crippen molar-refractivity contribution in [3.63, 3.8) is 0 Å². The van der Waals surface area contributed by atoms with Crippen molar-refractivity contribution < 1.29 is 32.6 Å². The van der Waals surface area contributed by atoms with Gasteiger partial charge < -0.3 is 9.84 Å². The monoisotopic (exact) mass is 577 g/mol. The summed E-state index contributed by atoms with van der Waals surface area (Å²) in [4.78, 5) is 26.8. The molecule has 228 valence electrons. The number of allylic oxidation sites excluding steroid dienone is 2. The number of rotatable bonds is 2. The zero-order valence-electron chi connectivity index (χ0n) is 25.6. The highest BCUT2D eigenvalue weighted by molar-refractivity contribution is 6.04. The minimum absolute atomic E-state index is 0.00186. The summed E-state index contributed by atoms with van der Waals surface area (Å²) < 4.78 is 44.3. The quantitative estimate of drug-likeness (QED) is 0.351. The number of aliphatic hydroxyl groups excluding tert-OH is 1. The summed E-state index contributed by atoms with van der Waals surface area (Å²) in [5.74, 6) is -1.41. The number of nitriles is 1. The van der Waals surface area contributed by atoms with Crippen molar-refractivity contribution in [1.29, 1.82) is 5.26 Å². The Morgan fingerprint density at radius 2 is 1.66 bits per heavy atom. The second kappa shape index (κ2) is 9.07. The molecule has 2 unspecified atom stereocenters. The Morgan fingerprint density at radius 1 is 1.02 bits per heavy atom. The Bertz CT molecular complexity index is 1220. The van der Waals surface area contributed by atoms with E-state index in [1.54, 1.807) is 0 Å². The number of ether oxygens (including phenoxy) is 1. The summed E-state index contributed by atoms with van der Waals surface area (Å²) in [6, 6.07) is 2.16. The average Bonchev–Trinajstić information content (AvgIpc) is 2.85. The maximum Gasteiger partial charge on any atom is 0.422 e. The van der Waals surface area contributed by atoms with E-state index in [9.17, 15) is 33.1 Å². The van der Waals surface area contributed by atoms with E-state index >= 15 is 0 Å². The number of carbonyl (C=O) groups excluding carboxylic acids is 2. The largest absolute Gasteiger partial charge is 0.456 e. The third-order valence-electron chi connectivity index (χ3n) is 13.5. The summed E-state index contributed by atoms with van der Waals surface area (Å²) in [6.07, 6.45) is 1.55. The lowest BCUT2D eigenvalue weighted by Gasteiger charge is -2.73. The van der Waals surface area contributed by atoms with Crippen molar-refractivity contribution in [2.75, 3.05) is 6.61 Å². The SMILES string of the molecule is CC1(C)CC[C@]2(C(=O)OCC(F)(F)F)CC[C@]3(C)C(C2C1)[C@H](O)C[C@@H]1[C@@]2(C)C=C(C#N)C(=O)C(C)(C)[C@@H]2CC[C@]13C. The van der Waals surface area contributed by atoms with Crippen molar-refractivity contribution in [1.82, 2.24) is 0 Å². The number of carbonyl (C=O) groups is 2. The third-order valence-corrected chi connectivity index (χ3v) is 13.5. The normalized spacial score (nSPS) is 46.5. The van der Waals surface area contributed by atoms with Crippen molar-refractivity contribution >= 4 is 11.8 Å². The number of ketones is 1. The first kappa shape index (κ1) is 30.6. The van der Waals surface area contributed by atoms with E-state index < -0.39 is 41.1 Å². The fraction of sp³-hybridized carbons (Fsp3) is 0.848. The zero-order chi connectivity index (χ0) is 30.6. The Labute approximate surface area is 242 Å². The van der Waals surface area contributed by atoms with Crippen LogP contribution in [0.5, 0.6) is 0 Å². The number of aliphatic hydroxyl groups is 1. The molecule has 0 aromatic carbocycles. The molecule has 0 aromatic rings. The van der Waals surface area contributed by atoms with Crippen LogP contribution in [0.3, 0.4) is 0 Å². The lowest BCUT2D eigenvalue weighted by molar-refractivity contribution is -0.263. The Balaban J connectivity index is 1.59. The molecule has 0 bridgehead atoms. The molecule has 5 nitrogen and oxygen atoms in total. The predicted octanol–water partition coefficient (Wildman–Crippen LogP) is 7.18. The van der Waals surface area contributed by atoms with Gasteiger partial charge >= 0.3 is 12.1 Å². The molecule has 5 aliphatic carbocycles. The van der Waals surface area contributed by atoms with E-state index in [2.05, 4.69) is 40.7 Å². The molecule has 9 atom stereocenters. The van der Waals surface area contributed by atoms with Crippen LogP contribution in [0, 0.1) is 67.5 Å². The highest BCUT2D eigenvalue weighted by Crippen LogP contribution is 2.76. The smallest absolute Gasteiger partial charge is 0.422 e. The molecule has 0 saturated heterocycles. The van der Waals surface area contributed by atoms with Crippen LogP contribution in [0.25, 0.3) is 0 Å². The maximum absolute atomic E-state index is 13.6. The van der Waals surface area contributed by atoms with E-state index in [4.69, 9.17) is 4.74 Å². The second-order valence-corrected chi connectivity index (χ2v) is 16.2. The second-order valence-electron chi connectivity index (χ2n) is 16.2. The van der Waals surface area contributed by atoms with Crippen molar-refractivity contribution in [2.45, 2.75) is 112 Å². The van der Waals surface area contributed by atoms with E-state index in [1.165, 1.54) is 0 Å². The summed E-state index contributed by atoms with van der Waals surface area (Å²) in [5.41, 5.74) is -2.78. The molecular weight excluding hydrogens is 531 g/mol. The first-order valence-electron chi connectivity index (χ1n) is 15.3. The van der Waals surface area contributed by atoms with Crippen LogP contribution in [0.15, 0.2) is 11.6 Å². The van der Waals surface area contributed by atoms with Crippen LogP contribution >= 0.6 is 0 Å². The molecule has 5 rings (SSSR count). The van der Waals surface area contributed by atoms with Crippen LogP contribution in [-0.2, 0) is 14.3 Å². The van der Waals surface area contributed by atoms with Gasteiger partial charge in [-0.3, -0.25) is 9.59 Å². The fourth-order valence-corrected chi connectivity index (χ4v) is 11.3. The first-order chi connectivity index (χ1) is 18.7. The van der Waals surface area contributed by atoms with Gasteiger partial charge in [-0.05, 0) is 96.7 Å². The summed E-state index contributed by atoms with van der Waals surface area (Å²) in [7, 11) is 0. The van der Waals surface area contributed by atoms with Gasteiger partial charge in [0.2, 0.25) is 0 Å². The molecule has 5 aliphatic rings. The Morgan fingerprint density at radius 3 is 2.27 bits per heavy atom. The van der Waals surface area contributed by atoms with Gasteiger partial charge in [0.25, 0.3) is 0 Å². The first-order valence-corrected chi connectivity index (χ1v) is 15.3. The van der Waals surface area contributed by atoms with E-state index in [-0.39, 0.29) is 51.3 Å². The number of hydrogen-bond donors (Lipinski definition) is 1. The molecule has 4 fully saturated rings. The van der Waals surface area contributed by atoms with Gasteiger partial charge in [0.05, 0.1) is 17.1 Å². The van der Waals surface area contributed by atoms with Gasteiger partial charge in [0.1, 0.15) is 6.07 Å². The van der Waals surface area contributed by atoms with E-state index in [0.29, 0.717) is 38.5 Å². The molecule has 0 radical (unpaired) electrons. The Kier molecular flexibility index (Phi) is 6.76. The van der Waals surface area contributed by atoms with E-state index in [1.807, 2.05) is 19.9 Å². The summed E-state index contributed by atoms with van der Waals surface area (Å²) >= 11 is 0.